The van der Waals surface area contributed by atoms with E-state index in [0.717, 1.165) is 18.4 Å². The van der Waals surface area contributed by atoms with E-state index < -0.39 is 0 Å². The summed E-state index contributed by atoms with van der Waals surface area (Å²) in [7, 11) is 3.79. The molecule has 0 saturated heterocycles. The van der Waals surface area contributed by atoms with Gasteiger partial charge in [0, 0.05) is 19.4 Å². The Hall–Kier alpha value is 0.170. The maximum Gasteiger partial charge on any atom is 0.258 e. The first-order valence-electron chi connectivity index (χ1n) is 4.58. The van der Waals surface area contributed by atoms with Crippen LogP contribution in [0.1, 0.15) is 25.7 Å². The Balaban J connectivity index is 3.12. The van der Waals surface area contributed by atoms with Gasteiger partial charge < -0.3 is 9.64 Å². The molecule has 0 N–H and O–H groups in total. The molecule has 0 saturated carbocycles. The van der Waals surface area contributed by atoms with Crippen LogP contribution < -0.4 is 0 Å². The molecule has 78 valence electrons. The smallest absolute Gasteiger partial charge is 0.258 e. The Morgan fingerprint density at radius 1 is 1.23 bits per heavy atom. The lowest BCUT2D eigenvalue weighted by Crippen LogP contribution is -2.22. The molecule has 0 fully saturated rings. The molecule has 0 aliphatic heterocycles. The molecule has 2 nitrogen and oxygen atoms in total. The van der Waals surface area contributed by atoms with Crippen molar-refractivity contribution >= 4 is 33.3 Å². The van der Waals surface area contributed by atoms with Gasteiger partial charge in [0.05, 0.1) is 6.61 Å². The zero-order valence-electron chi connectivity index (χ0n) is 8.38. The fourth-order valence-electron chi connectivity index (χ4n) is 0.839. The van der Waals surface area contributed by atoms with Gasteiger partial charge in [-0.3, -0.25) is 0 Å². The van der Waals surface area contributed by atoms with Gasteiger partial charge in [-0.1, -0.05) is 28.8 Å². The summed E-state index contributed by atoms with van der Waals surface area (Å²) < 4.78 is 5.33. The van der Waals surface area contributed by atoms with Crippen molar-refractivity contribution in [2.24, 2.45) is 0 Å². The van der Waals surface area contributed by atoms with E-state index >= 15 is 0 Å². The minimum Gasteiger partial charge on any atom is -0.471 e. The van der Waals surface area contributed by atoms with Crippen LogP contribution in [0.25, 0.3) is 0 Å². The van der Waals surface area contributed by atoms with Gasteiger partial charge in [-0.05, 0) is 25.1 Å². The number of nitrogens with zero attached hydrogens (tertiary/aromatic N) is 1. The molecule has 0 amide bonds. The third-order valence-corrected chi connectivity index (χ3v) is 2.66. The molecule has 0 radical (unpaired) electrons. The highest BCUT2D eigenvalue weighted by Crippen LogP contribution is 2.02. The summed E-state index contributed by atoms with van der Waals surface area (Å²) in [6, 6.07) is 0. The summed E-state index contributed by atoms with van der Waals surface area (Å²) >= 11 is 8.38. The molecule has 0 heterocycles. The Kier molecular flexibility index (Phi) is 8.87. The van der Waals surface area contributed by atoms with Gasteiger partial charge >= 0.3 is 0 Å². The Morgan fingerprint density at radius 3 is 2.38 bits per heavy atom. The summed E-state index contributed by atoms with van der Waals surface area (Å²) in [5.41, 5.74) is 0. The standard InChI is InChI=1S/C9H18BrNOS/c1-11(2)9(13)12-8-6-4-3-5-7-10/h3-8H2,1-2H3. The van der Waals surface area contributed by atoms with E-state index in [4.69, 9.17) is 17.0 Å². The maximum atomic E-state index is 5.33. The second-order valence-electron chi connectivity index (χ2n) is 3.11. The lowest BCUT2D eigenvalue weighted by molar-refractivity contribution is 0.260. The van der Waals surface area contributed by atoms with Crippen LogP contribution in [0, 0.1) is 0 Å². The van der Waals surface area contributed by atoms with Crippen molar-refractivity contribution in [3.8, 4) is 0 Å². The van der Waals surface area contributed by atoms with Gasteiger partial charge in [-0.25, -0.2) is 0 Å². The zero-order valence-corrected chi connectivity index (χ0v) is 10.8. The third kappa shape index (κ3) is 8.50. The lowest BCUT2D eigenvalue weighted by atomic mass is 10.2. The van der Waals surface area contributed by atoms with Gasteiger partial charge in [-0.15, -0.1) is 0 Å². The second kappa shape index (κ2) is 8.75. The summed E-state index contributed by atoms with van der Waals surface area (Å²) in [6.45, 7) is 0.749. The highest BCUT2D eigenvalue weighted by atomic mass is 79.9. The van der Waals surface area contributed by atoms with E-state index in [-0.39, 0.29) is 0 Å². The predicted octanol–water partition coefficient (Wildman–Crippen LogP) is 2.80. The first-order valence-corrected chi connectivity index (χ1v) is 6.11. The SMILES string of the molecule is CN(C)C(=S)OCCCCCCBr. The highest BCUT2D eigenvalue weighted by molar-refractivity contribution is 9.09. The summed E-state index contributed by atoms with van der Waals surface area (Å²) in [4.78, 5) is 1.81. The molecule has 0 aromatic heterocycles. The number of hydrogen-bond acceptors (Lipinski definition) is 2. The van der Waals surface area contributed by atoms with E-state index in [0.29, 0.717) is 5.17 Å². The van der Waals surface area contributed by atoms with Crippen molar-refractivity contribution in [3.63, 3.8) is 0 Å². The highest BCUT2D eigenvalue weighted by Gasteiger charge is 1.98. The molecule has 0 aromatic rings. The van der Waals surface area contributed by atoms with Crippen LogP contribution in [-0.2, 0) is 4.74 Å². The molecular weight excluding hydrogens is 250 g/mol. The third-order valence-electron chi connectivity index (χ3n) is 1.62. The van der Waals surface area contributed by atoms with Gasteiger partial charge in [0.2, 0.25) is 0 Å². The van der Waals surface area contributed by atoms with Crippen molar-refractivity contribution in [1.82, 2.24) is 4.90 Å². The van der Waals surface area contributed by atoms with E-state index in [9.17, 15) is 0 Å². The van der Waals surface area contributed by atoms with Crippen LogP contribution in [-0.4, -0.2) is 36.1 Å². The second-order valence-corrected chi connectivity index (χ2v) is 4.25. The zero-order chi connectivity index (χ0) is 10.1. The number of ether oxygens (including phenoxy) is 1. The molecule has 13 heavy (non-hydrogen) atoms. The molecule has 0 spiro atoms. The van der Waals surface area contributed by atoms with Crippen LogP contribution in [0.15, 0.2) is 0 Å². The van der Waals surface area contributed by atoms with E-state index in [1.807, 2.05) is 19.0 Å². The minimum atomic E-state index is 0.584. The maximum absolute atomic E-state index is 5.33. The Morgan fingerprint density at radius 2 is 1.85 bits per heavy atom. The average Bonchev–Trinajstić information content (AvgIpc) is 2.10. The molecule has 0 unspecified atom stereocenters. The first-order chi connectivity index (χ1) is 6.18. The number of unbranched alkanes of at least 4 members (excludes halogenated alkanes) is 3. The lowest BCUT2D eigenvalue weighted by Gasteiger charge is -2.13. The van der Waals surface area contributed by atoms with Crippen LogP contribution >= 0.6 is 28.1 Å². The van der Waals surface area contributed by atoms with Crippen molar-refractivity contribution in [3.05, 3.63) is 0 Å². The summed E-state index contributed by atoms with van der Waals surface area (Å²) in [5, 5.41) is 1.68. The Bertz CT molecular complexity index is 142. The first kappa shape index (κ1) is 13.2. The van der Waals surface area contributed by atoms with E-state index in [1.54, 1.807) is 0 Å². The molecule has 0 aliphatic rings. The van der Waals surface area contributed by atoms with Crippen molar-refractivity contribution < 1.29 is 4.74 Å². The van der Waals surface area contributed by atoms with Crippen LogP contribution in [0.2, 0.25) is 0 Å². The number of thiocarbonyl (C=S) groups is 1. The quantitative estimate of drug-likeness (QED) is 0.417. The normalized spacial score (nSPS) is 9.77. The molecule has 0 aliphatic carbocycles. The van der Waals surface area contributed by atoms with Gasteiger partial charge in [0.15, 0.2) is 0 Å². The number of alkyl halides is 1. The fourth-order valence-corrected chi connectivity index (χ4v) is 1.32. The average molecular weight is 268 g/mol. The van der Waals surface area contributed by atoms with Gasteiger partial charge in [-0.2, -0.15) is 0 Å². The molecule has 0 bridgehead atoms. The van der Waals surface area contributed by atoms with Crippen LogP contribution in [0.3, 0.4) is 0 Å². The van der Waals surface area contributed by atoms with Gasteiger partial charge in [0.25, 0.3) is 5.17 Å². The number of halogens is 1. The van der Waals surface area contributed by atoms with Crippen molar-refractivity contribution in [1.29, 1.82) is 0 Å². The topological polar surface area (TPSA) is 12.5 Å². The summed E-state index contributed by atoms with van der Waals surface area (Å²) in [6.07, 6.45) is 4.84. The van der Waals surface area contributed by atoms with E-state index in [1.165, 1.54) is 19.3 Å². The van der Waals surface area contributed by atoms with Crippen LogP contribution in [0.5, 0.6) is 0 Å². The van der Waals surface area contributed by atoms with E-state index in [2.05, 4.69) is 15.9 Å². The largest absolute Gasteiger partial charge is 0.471 e. The molecular formula is C9H18BrNOS. The van der Waals surface area contributed by atoms with Crippen LogP contribution in [0.4, 0.5) is 0 Å². The minimum absolute atomic E-state index is 0.584. The molecule has 0 aromatic carbocycles. The van der Waals surface area contributed by atoms with Crippen molar-refractivity contribution in [2.75, 3.05) is 26.0 Å². The fraction of sp³-hybridized carbons (Fsp3) is 0.889. The number of hydrogen-bond donors (Lipinski definition) is 0. The summed E-state index contributed by atoms with van der Waals surface area (Å²) in [5.74, 6) is 0. The predicted molar refractivity (Wildman–Crippen MR) is 64.5 cm³/mol. The molecule has 4 heteroatoms. The Labute approximate surface area is 94.8 Å². The molecule has 0 rings (SSSR count). The van der Waals surface area contributed by atoms with Crippen molar-refractivity contribution in [2.45, 2.75) is 25.7 Å². The monoisotopic (exact) mass is 267 g/mol. The van der Waals surface area contributed by atoms with Gasteiger partial charge in [0.1, 0.15) is 0 Å². The number of rotatable bonds is 6. The molecule has 0 atom stereocenters.